The van der Waals surface area contributed by atoms with Crippen LogP contribution in [0.2, 0.25) is 0 Å². The van der Waals surface area contributed by atoms with Crippen LogP contribution in [0.25, 0.3) is 11.1 Å². The van der Waals surface area contributed by atoms with E-state index in [-0.39, 0.29) is 10.5 Å². The number of hydrogen-bond acceptors (Lipinski definition) is 4. The van der Waals surface area contributed by atoms with Gasteiger partial charge in [0.05, 0.1) is 10.4 Å². The fourth-order valence-electron chi connectivity index (χ4n) is 2.85. The summed E-state index contributed by atoms with van der Waals surface area (Å²) in [4.78, 5) is 11.6. The second-order valence-electron chi connectivity index (χ2n) is 6.71. The average molecular weight is 360 g/mol. The van der Waals surface area contributed by atoms with Crippen molar-refractivity contribution in [2.24, 2.45) is 7.05 Å². The van der Waals surface area contributed by atoms with Crippen molar-refractivity contribution in [1.82, 2.24) is 9.29 Å². The van der Waals surface area contributed by atoms with Crippen molar-refractivity contribution in [3.8, 4) is 0 Å². The molecule has 3 rings (SSSR count). The van der Waals surface area contributed by atoms with Crippen LogP contribution in [0.3, 0.4) is 0 Å². The monoisotopic (exact) mass is 360 g/mol. The number of oxazole rings is 1. The Kier molecular flexibility index (Phi) is 4.30. The Labute approximate surface area is 146 Å². The lowest BCUT2D eigenvalue weighted by Gasteiger charge is -2.26. The molecule has 2 aromatic carbocycles. The van der Waals surface area contributed by atoms with Crippen LogP contribution in [0.15, 0.2) is 62.6 Å². The fraction of sp³-hybridized carbons (Fsp3) is 0.278. The van der Waals surface area contributed by atoms with E-state index in [0.717, 1.165) is 5.56 Å². The first-order valence-electron chi connectivity index (χ1n) is 7.85. The standard InChI is InChI=1S/C18H20N2O4S/c1-18(2,12-13-7-5-4-6-8-13)19-25(22,23)14-9-10-15-16(11-14)24-17(21)20(15)3/h4-11,19H,12H2,1-3H3. The third kappa shape index (κ3) is 3.67. The number of benzene rings is 2. The number of hydrogen-bond donors (Lipinski definition) is 1. The van der Waals surface area contributed by atoms with E-state index in [4.69, 9.17) is 4.42 Å². The molecule has 132 valence electrons. The maximum Gasteiger partial charge on any atom is 0.419 e. The van der Waals surface area contributed by atoms with Crippen molar-refractivity contribution in [2.75, 3.05) is 0 Å². The molecule has 0 saturated heterocycles. The van der Waals surface area contributed by atoms with Gasteiger partial charge in [-0.25, -0.2) is 17.9 Å². The number of sulfonamides is 1. The van der Waals surface area contributed by atoms with Gasteiger partial charge in [0, 0.05) is 18.7 Å². The summed E-state index contributed by atoms with van der Waals surface area (Å²) in [6.45, 7) is 3.66. The number of fused-ring (bicyclic) bond motifs is 1. The minimum Gasteiger partial charge on any atom is -0.408 e. The average Bonchev–Trinajstić information content (AvgIpc) is 2.81. The Morgan fingerprint density at radius 3 is 2.48 bits per heavy atom. The van der Waals surface area contributed by atoms with Crippen LogP contribution >= 0.6 is 0 Å². The van der Waals surface area contributed by atoms with E-state index >= 15 is 0 Å². The maximum atomic E-state index is 12.7. The van der Waals surface area contributed by atoms with Gasteiger partial charge in [-0.05, 0) is 38.0 Å². The van der Waals surface area contributed by atoms with Gasteiger partial charge in [-0.3, -0.25) is 4.57 Å². The normalized spacial score (nSPS) is 12.6. The lowest BCUT2D eigenvalue weighted by molar-refractivity contribution is 0.450. The summed E-state index contributed by atoms with van der Waals surface area (Å²) in [5.74, 6) is -0.526. The van der Waals surface area contributed by atoms with E-state index in [1.807, 2.05) is 44.2 Å². The largest absolute Gasteiger partial charge is 0.419 e. The Bertz CT molecular complexity index is 1060. The first-order valence-corrected chi connectivity index (χ1v) is 9.34. The molecule has 0 aliphatic carbocycles. The van der Waals surface area contributed by atoms with E-state index in [2.05, 4.69) is 4.72 Å². The van der Waals surface area contributed by atoms with Gasteiger partial charge < -0.3 is 4.42 Å². The van der Waals surface area contributed by atoms with Crippen molar-refractivity contribution in [2.45, 2.75) is 30.7 Å². The van der Waals surface area contributed by atoms with Crippen LogP contribution < -0.4 is 10.5 Å². The smallest absolute Gasteiger partial charge is 0.408 e. The van der Waals surface area contributed by atoms with Crippen molar-refractivity contribution in [3.63, 3.8) is 0 Å². The molecule has 0 atom stereocenters. The zero-order valence-electron chi connectivity index (χ0n) is 14.3. The third-order valence-electron chi connectivity index (χ3n) is 3.97. The van der Waals surface area contributed by atoms with Crippen molar-refractivity contribution in [3.05, 3.63) is 64.6 Å². The Morgan fingerprint density at radius 1 is 1.12 bits per heavy atom. The topological polar surface area (TPSA) is 81.3 Å². The first-order chi connectivity index (χ1) is 11.7. The van der Waals surface area contributed by atoms with E-state index in [1.54, 1.807) is 13.1 Å². The molecule has 6 nitrogen and oxygen atoms in total. The van der Waals surface area contributed by atoms with E-state index in [1.165, 1.54) is 16.7 Å². The molecular formula is C18H20N2O4S. The Morgan fingerprint density at radius 2 is 1.80 bits per heavy atom. The molecule has 0 aliphatic rings. The van der Waals surface area contributed by atoms with Crippen LogP contribution in [0.5, 0.6) is 0 Å². The summed E-state index contributed by atoms with van der Waals surface area (Å²) in [5, 5.41) is 0. The molecule has 0 aliphatic heterocycles. The second-order valence-corrected chi connectivity index (χ2v) is 8.39. The predicted octanol–water partition coefficient (Wildman–Crippen LogP) is 2.43. The van der Waals surface area contributed by atoms with Gasteiger partial charge in [0.15, 0.2) is 5.58 Å². The zero-order chi connectivity index (χ0) is 18.2. The summed E-state index contributed by atoms with van der Waals surface area (Å²) in [5.41, 5.74) is 1.16. The van der Waals surface area contributed by atoms with Gasteiger partial charge in [0.1, 0.15) is 0 Å². The summed E-state index contributed by atoms with van der Waals surface area (Å²) in [6, 6.07) is 14.1. The van der Waals surface area contributed by atoms with Gasteiger partial charge in [-0.2, -0.15) is 0 Å². The van der Waals surface area contributed by atoms with Crippen LogP contribution in [-0.2, 0) is 23.5 Å². The first kappa shape index (κ1) is 17.4. The highest BCUT2D eigenvalue weighted by molar-refractivity contribution is 7.89. The van der Waals surface area contributed by atoms with Gasteiger partial charge in [-0.15, -0.1) is 0 Å². The Balaban J connectivity index is 1.89. The van der Waals surface area contributed by atoms with Crippen LogP contribution in [0, 0.1) is 0 Å². The van der Waals surface area contributed by atoms with E-state index < -0.39 is 21.3 Å². The summed E-state index contributed by atoms with van der Waals surface area (Å²) in [6.07, 6.45) is 0.551. The molecule has 0 spiro atoms. The van der Waals surface area contributed by atoms with Crippen LogP contribution in [0.4, 0.5) is 0 Å². The molecule has 1 aromatic heterocycles. The molecule has 0 unspecified atom stereocenters. The molecular weight excluding hydrogens is 340 g/mol. The molecule has 1 N–H and O–H groups in total. The molecule has 0 amide bonds. The number of nitrogens with zero attached hydrogens (tertiary/aromatic N) is 1. The highest BCUT2D eigenvalue weighted by atomic mass is 32.2. The number of aromatic nitrogens is 1. The molecule has 1 heterocycles. The SMILES string of the molecule is Cn1c(=O)oc2cc(S(=O)(=O)NC(C)(C)Cc3ccccc3)ccc21. The van der Waals surface area contributed by atoms with Gasteiger partial charge >= 0.3 is 5.76 Å². The maximum absolute atomic E-state index is 12.7. The lowest BCUT2D eigenvalue weighted by atomic mass is 9.96. The highest BCUT2D eigenvalue weighted by Gasteiger charge is 2.27. The van der Waals surface area contributed by atoms with Crippen molar-refractivity contribution >= 4 is 21.1 Å². The third-order valence-corrected chi connectivity index (χ3v) is 5.67. The number of rotatable bonds is 5. The van der Waals surface area contributed by atoms with Crippen LogP contribution in [-0.4, -0.2) is 18.5 Å². The molecule has 25 heavy (non-hydrogen) atoms. The molecule has 0 radical (unpaired) electrons. The second kappa shape index (κ2) is 6.16. The zero-order valence-corrected chi connectivity index (χ0v) is 15.1. The quantitative estimate of drug-likeness (QED) is 0.758. The minimum absolute atomic E-state index is 0.0653. The highest BCUT2D eigenvalue weighted by Crippen LogP contribution is 2.21. The van der Waals surface area contributed by atoms with Crippen molar-refractivity contribution < 1.29 is 12.8 Å². The number of nitrogens with one attached hydrogen (secondary N) is 1. The molecule has 0 bridgehead atoms. The fourth-order valence-corrected chi connectivity index (χ4v) is 4.27. The van der Waals surface area contributed by atoms with Crippen molar-refractivity contribution in [1.29, 1.82) is 0 Å². The lowest BCUT2D eigenvalue weighted by Crippen LogP contribution is -2.44. The summed E-state index contributed by atoms with van der Waals surface area (Å²) >= 11 is 0. The van der Waals surface area contributed by atoms with E-state index in [9.17, 15) is 13.2 Å². The van der Waals surface area contributed by atoms with Crippen LogP contribution in [0.1, 0.15) is 19.4 Å². The molecule has 0 fully saturated rings. The molecule has 0 saturated carbocycles. The summed E-state index contributed by atoms with van der Waals surface area (Å²) in [7, 11) is -2.18. The van der Waals surface area contributed by atoms with Gasteiger partial charge in [-0.1, -0.05) is 30.3 Å². The minimum atomic E-state index is -3.75. The van der Waals surface area contributed by atoms with Gasteiger partial charge in [0.2, 0.25) is 10.0 Å². The molecule has 3 aromatic rings. The molecule has 7 heteroatoms. The predicted molar refractivity (Wildman–Crippen MR) is 96.0 cm³/mol. The summed E-state index contributed by atoms with van der Waals surface area (Å²) < 4.78 is 34.6. The number of aryl methyl sites for hydroxylation is 1. The Hall–Kier alpha value is -2.38. The van der Waals surface area contributed by atoms with Gasteiger partial charge in [0.25, 0.3) is 0 Å². The van der Waals surface area contributed by atoms with E-state index in [0.29, 0.717) is 11.9 Å².